The van der Waals surface area contributed by atoms with Gasteiger partial charge in [0.1, 0.15) is 0 Å². The van der Waals surface area contributed by atoms with E-state index in [-0.39, 0.29) is 11.6 Å². The maximum atomic E-state index is 6.37. The van der Waals surface area contributed by atoms with Gasteiger partial charge in [0.15, 0.2) is 0 Å². The predicted octanol–water partition coefficient (Wildman–Crippen LogP) is 3.15. The van der Waals surface area contributed by atoms with Crippen molar-refractivity contribution in [2.45, 2.75) is 38.3 Å². The van der Waals surface area contributed by atoms with Crippen molar-refractivity contribution in [3.8, 4) is 0 Å². The molecular formula is C17H28ClN3. The number of rotatable bonds is 5. The molecule has 1 aliphatic rings. The van der Waals surface area contributed by atoms with Crippen LogP contribution in [0.25, 0.3) is 0 Å². The lowest BCUT2D eigenvalue weighted by molar-refractivity contribution is 0.0219. The lowest BCUT2D eigenvalue weighted by Gasteiger charge is -2.49. The van der Waals surface area contributed by atoms with Crippen LogP contribution in [-0.4, -0.2) is 48.6 Å². The van der Waals surface area contributed by atoms with Crippen molar-refractivity contribution in [2.24, 2.45) is 5.73 Å². The van der Waals surface area contributed by atoms with Gasteiger partial charge in [-0.2, -0.15) is 0 Å². The maximum Gasteiger partial charge on any atom is 0.0453 e. The Morgan fingerprint density at radius 1 is 1.33 bits per heavy atom. The van der Waals surface area contributed by atoms with Crippen molar-refractivity contribution in [2.75, 3.05) is 33.2 Å². The Labute approximate surface area is 134 Å². The molecule has 1 heterocycles. The molecular weight excluding hydrogens is 282 g/mol. The molecule has 0 aromatic heterocycles. The summed E-state index contributed by atoms with van der Waals surface area (Å²) in [5.74, 6) is 0. The quantitative estimate of drug-likeness (QED) is 0.907. The van der Waals surface area contributed by atoms with E-state index in [1.165, 1.54) is 5.56 Å². The molecule has 1 fully saturated rings. The van der Waals surface area contributed by atoms with Gasteiger partial charge in [0.2, 0.25) is 0 Å². The summed E-state index contributed by atoms with van der Waals surface area (Å²) in [6, 6.07) is 8.40. The molecule has 3 nitrogen and oxygen atoms in total. The summed E-state index contributed by atoms with van der Waals surface area (Å²) >= 11 is 6.37. The fraction of sp³-hybridized carbons (Fsp3) is 0.647. The molecule has 0 spiro atoms. The van der Waals surface area contributed by atoms with Crippen molar-refractivity contribution >= 4 is 11.6 Å². The van der Waals surface area contributed by atoms with Gasteiger partial charge in [0, 0.05) is 23.1 Å². The molecule has 2 N–H and O–H groups in total. The second kappa shape index (κ2) is 7.10. The average molecular weight is 310 g/mol. The second-order valence-electron chi connectivity index (χ2n) is 6.17. The third-order valence-corrected chi connectivity index (χ3v) is 5.64. The highest BCUT2D eigenvalue weighted by Crippen LogP contribution is 2.35. The normalized spacial score (nSPS) is 20.7. The number of hydrogen-bond donors (Lipinski definition) is 1. The monoisotopic (exact) mass is 309 g/mol. The van der Waals surface area contributed by atoms with E-state index in [1.54, 1.807) is 0 Å². The first kappa shape index (κ1) is 16.8. The van der Waals surface area contributed by atoms with E-state index < -0.39 is 0 Å². The Balaban J connectivity index is 2.17. The summed E-state index contributed by atoms with van der Waals surface area (Å²) < 4.78 is 0. The van der Waals surface area contributed by atoms with Gasteiger partial charge >= 0.3 is 0 Å². The molecule has 0 amide bonds. The van der Waals surface area contributed by atoms with E-state index in [1.807, 2.05) is 12.1 Å². The first-order valence-corrected chi connectivity index (χ1v) is 8.31. The highest BCUT2D eigenvalue weighted by molar-refractivity contribution is 6.31. The molecule has 1 aromatic rings. The molecule has 0 aliphatic carbocycles. The lowest BCUT2D eigenvalue weighted by Crippen LogP contribution is -2.58. The number of hydrogen-bond acceptors (Lipinski definition) is 3. The fourth-order valence-electron chi connectivity index (χ4n) is 3.42. The van der Waals surface area contributed by atoms with E-state index in [9.17, 15) is 0 Å². The molecule has 4 heteroatoms. The molecule has 1 aliphatic heterocycles. The number of nitrogens with zero attached hydrogens (tertiary/aromatic N) is 2. The molecule has 0 bridgehead atoms. The third-order valence-electron chi connectivity index (χ3n) is 5.30. The van der Waals surface area contributed by atoms with Crippen molar-refractivity contribution in [1.29, 1.82) is 0 Å². The first-order chi connectivity index (χ1) is 10.0. The standard InChI is InChI=1S/C17H28ClN3/c1-4-21-11-9-17(13-19,10-12-21)20(3)14(2)15-7-5-6-8-16(15)18/h5-8,14H,4,9-13,19H2,1-3H3. The molecule has 2 rings (SSSR count). The summed E-state index contributed by atoms with van der Waals surface area (Å²) in [5.41, 5.74) is 7.46. The SMILES string of the molecule is CCN1CCC(CN)(N(C)C(C)c2ccccc2Cl)CC1. The highest BCUT2D eigenvalue weighted by Gasteiger charge is 2.39. The van der Waals surface area contributed by atoms with Crippen molar-refractivity contribution in [1.82, 2.24) is 9.80 Å². The summed E-state index contributed by atoms with van der Waals surface area (Å²) in [6.07, 6.45) is 2.26. The van der Waals surface area contributed by atoms with Gasteiger partial charge in [-0.15, -0.1) is 0 Å². The largest absolute Gasteiger partial charge is 0.329 e. The molecule has 0 saturated carbocycles. The molecule has 1 atom stereocenters. The van der Waals surface area contributed by atoms with Gasteiger partial charge < -0.3 is 10.6 Å². The van der Waals surface area contributed by atoms with Gasteiger partial charge in [0.25, 0.3) is 0 Å². The van der Waals surface area contributed by atoms with Crippen LogP contribution in [0.3, 0.4) is 0 Å². The second-order valence-corrected chi connectivity index (χ2v) is 6.58. The molecule has 1 unspecified atom stereocenters. The first-order valence-electron chi connectivity index (χ1n) is 7.94. The van der Waals surface area contributed by atoms with Gasteiger partial charge in [-0.25, -0.2) is 0 Å². The topological polar surface area (TPSA) is 32.5 Å². The molecule has 0 radical (unpaired) electrons. The van der Waals surface area contributed by atoms with Gasteiger partial charge in [-0.3, -0.25) is 4.90 Å². The zero-order chi connectivity index (χ0) is 15.5. The zero-order valence-electron chi connectivity index (χ0n) is 13.5. The number of piperidine rings is 1. The van der Waals surface area contributed by atoms with Crippen LogP contribution < -0.4 is 5.73 Å². The fourth-order valence-corrected chi connectivity index (χ4v) is 3.71. The van der Waals surface area contributed by atoms with E-state index in [0.29, 0.717) is 6.54 Å². The van der Waals surface area contributed by atoms with Crippen LogP contribution in [0.4, 0.5) is 0 Å². The molecule has 21 heavy (non-hydrogen) atoms. The maximum absolute atomic E-state index is 6.37. The van der Waals surface area contributed by atoms with E-state index >= 15 is 0 Å². The third kappa shape index (κ3) is 3.42. The minimum absolute atomic E-state index is 0.0876. The highest BCUT2D eigenvalue weighted by atomic mass is 35.5. The lowest BCUT2D eigenvalue weighted by atomic mass is 9.84. The number of likely N-dealkylation sites (tertiary alicyclic amines) is 1. The number of halogens is 1. The van der Waals surface area contributed by atoms with Crippen molar-refractivity contribution in [3.05, 3.63) is 34.9 Å². The smallest absolute Gasteiger partial charge is 0.0453 e. The van der Waals surface area contributed by atoms with E-state index in [0.717, 1.165) is 37.5 Å². The average Bonchev–Trinajstić information content (AvgIpc) is 2.54. The van der Waals surface area contributed by atoms with Crippen molar-refractivity contribution < 1.29 is 0 Å². The van der Waals surface area contributed by atoms with E-state index in [4.69, 9.17) is 17.3 Å². The van der Waals surface area contributed by atoms with Crippen LogP contribution in [0.1, 0.15) is 38.3 Å². The van der Waals surface area contributed by atoms with Gasteiger partial charge in [0.05, 0.1) is 0 Å². The van der Waals surface area contributed by atoms with Crippen LogP contribution in [0, 0.1) is 0 Å². The minimum Gasteiger partial charge on any atom is -0.329 e. The Morgan fingerprint density at radius 3 is 2.48 bits per heavy atom. The zero-order valence-corrected chi connectivity index (χ0v) is 14.2. The van der Waals surface area contributed by atoms with E-state index in [2.05, 4.69) is 42.8 Å². The van der Waals surface area contributed by atoms with Crippen LogP contribution in [0.5, 0.6) is 0 Å². The molecule has 1 saturated heterocycles. The molecule has 118 valence electrons. The Bertz CT molecular complexity index is 455. The summed E-state index contributed by atoms with van der Waals surface area (Å²) in [5, 5.41) is 0.843. The Kier molecular flexibility index (Phi) is 5.67. The van der Waals surface area contributed by atoms with Crippen LogP contribution in [0.15, 0.2) is 24.3 Å². The van der Waals surface area contributed by atoms with Gasteiger partial charge in [-0.05, 0) is 58.1 Å². The Morgan fingerprint density at radius 2 is 1.95 bits per heavy atom. The summed E-state index contributed by atoms with van der Waals surface area (Å²) in [6.45, 7) is 8.55. The number of likely N-dealkylation sites (N-methyl/N-ethyl adjacent to an activating group) is 1. The Hall–Kier alpha value is -0.610. The molecule has 1 aromatic carbocycles. The van der Waals surface area contributed by atoms with Gasteiger partial charge in [-0.1, -0.05) is 36.7 Å². The summed E-state index contributed by atoms with van der Waals surface area (Å²) in [7, 11) is 2.20. The van der Waals surface area contributed by atoms with Crippen molar-refractivity contribution in [3.63, 3.8) is 0 Å². The van der Waals surface area contributed by atoms with Crippen LogP contribution in [-0.2, 0) is 0 Å². The van der Waals surface area contributed by atoms with Crippen LogP contribution >= 0.6 is 11.6 Å². The predicted molar refractivity (Wildman–Crippen MR) is 90.8 cm³/mol. The summed E-state index contributed by atoms with van der Waals surface area (Å²) in [4.78, 5) is 4.95. The number of benzene rings is 1. The number of nitrogens with two attached hydrogens (primary N) is 1. The minimum atomic E-state index is 0.0876. The van der Waals surface area contributed by atoms with Crippen LogP contribution in [0.2, 0.25) is 5.02 Å².